The SMILES string of the molecule is CCCC[C@@H](C)[C@H](O)[C@H](C)C(=O)/C(C)=C/[C@@H](OC)[C@@H](O)[C@@H](OCC)C(=O)N/C=C\c1ccc(O)c(Cl)c1. The maximum Gasteiger partial charge on any atom is 0.255 e. The molecule has 0 unspecified atom stereocenters. The number of phenolic OH excluding ortho intramolecular Hbond substituents is 1. The predicted molar refractivity (Wildman–Crippen MR) is 145 cm³/mol. The number of unbranched alkanes of at least 4 members (excludes halogenated alkanes) is 1. The summed E-state index contributed by atoms with van der Waals surface area (Å²) in [5.74, 6) is -1.55. The minimum absolute atomic E-state index is 0.0211. The highest BCUT2D eigenvalue weighted by molar-refractivity contribution is 6.32. The summed E-state index contributed by atoms with van der Waals surface area (Å²) in [6.07, 6.45) is 2.75. The van der Waals surface area contributed by atoms with E-state index in [1.165, 1.54) is 31.5 Å². The highest BCUT2D eigenvalue weighted by Gasteiger charge is 2.34. The number of ether oxygens (including phenoxy) is 2. The number of allylic oxidation sites excluding steroid dienone is 1. The number of nitrogens with one attached hydrogen (secondary N) is 1. The normalized spacial score (nSPS) is 17.2. The van der Waals surface area contributed by atoms with Crippen LogP contribution in [0.1, 0.15) is 59.4 Å². The van der Waals surface area contributed by atoms with Crippen LogP contribution in [0.4, 0.5) is 0 Å². The number of carbonyl (C=O) groups is 2. The van der Waals surface area contributed by atoms with Gasteiger partial charge in [0, 0.05) is 25.8 Å². The van der Waals surface area contributed by atoms with E-state index in [0.29, 0.717) is 11.1 Å². The molecule has 0 fully saturated rings. The molecule has 0 bridgehead atoms. The molecule has 0 aliphatic carbocycles. The standard InChI is InChI=1S/C28H42ClNO7/c1-7-9-10-17(3)24(32)19(5)25(33)18(4)15-23(36-6)26(34)27(37-8-2)28(35)30-14-13-20-11-12-22(31)21(29)16-20/h11-17,19,23-24,26-27,31-32,34H,7-10H2,1-6H3,(H,30,35)/b14-13-,18-15+/t17-,19+,23-,24+,26-,27-/m1/s1. The van der Waals surface area contributed by atoms with Gasteiger partial charge in [0.25, 0.3) is 5.91 Å². The Bertz CT molecular complexity index is 933. The van der Waals surface area contributed by atoms with Gasteiger partial charge >= 0.3 is 0 Å². The first-order valence-corrected chi connectivity index (χ1v) is 13.0. The zero-order valence-electron chi connectivity index (χ0n) is 22.6. The minimum Gasteiger partial charge on any atom is -0.506 e. The molecule has 0 aliphatic rings. The first kappa shape index (κ1) is 32.8. The topological polar surface area (TPSA) is 125 Å². The van der Waals surface area contributed by atoms with E-state index in [4.69, 9.17) is 21.1 Å². The number of amides is 1. The Labute approximate surface area is 225 Å². The Balaban J connectivity index is 2.94. The van der Waals surface area contributed by atoms with Crippen molar-refractivity contribution in [2.75, 3.05) is 13.7 Å². The maximum absolute atomic E-state index is 13.0. The number of aliphatic hydroxyl groups is 2. The van der Waals surface area contributed by atoms with E-state index in [2.05, 4.69) is 12.2 Å². The van der Waals surface area contributed by atoms with E-state index in [1.54, 1.807) is 32.9 Å². The molecule has 1 aromatic rings. The largest absolute Gasteiger partial charge is 0.506 e. The van der Waals surface area contributed by atoms with Crippen LogP contribution < -0.4 is 5.32 Å². The molecule has 0 heterocycles. The average molecular weight is 540 g/mol. The van der Waals surface area contributed by atoms with Crippen LogP contribution in [-0.2, 0) is 19.1 Å². The first-order valence-electron chi connectivity index (χ1n) is 12.7. The number of benzene rings is 1. The van der Waals surface area contributed by atoms with Crippen molar-refractivity contribution in [3.63, 3.8) is 0 Å². The van der Waals surface area contributed by atoms with Gasteiger partial charge in [0.05, 0.1) is 11.1 Å². The summed E-state index contributed by atoms with van der Waals surface area (Å²) in [4.78, 5) is 25.8. The van der Waals surface area contributed by atoms with Crippen LogP contribution in [0.25, 0.3) is 6.08 Å². The molecular formula is C28H42ClNO7. The molecule has 1 aromatic carbocycles. The molecule has 0 radical (unpaired) electrons. The van der Waals surface area contributed by atoms with Gasteiger partial charge in [-0.1, -0.05) is 51.3 Å². The third-order valence-corrected chi connectivity index (χ3v) is 6.62. The van der Waals surface area contributed by atoms with Crippen molar-refractivity contribution in [2.24, 2.45) is 11.8 Å². The summed E-state index contributed by atoms with van der Waals surface area (Å²) in [5.41, 5.74) is 0.962. The monoisotopic (exact) mass is 539 g/mol. The van der Waals surface area contributed by atoms with E-state index in [1.807, 2.05) is 6.92 Å². The van der Waals surface area contributed by atoms with Gasteiger partial charge in [-0.2, -0.15) is 0 Å². The van der Waals surface area contributed by atoms with E-state index in [0.717, 1.165) is 19.3 Å². The van der Waals surface area contributed by atoms with Crippen molar-refractivity contribution < 1.29 is 34.4 Å². The van der Waals surface area contributed by atoms with Crippen LogP contribution in [0.5, 0.6) is 5.75 Å². The lowest BCUT2D eigenvalue weighted by atomic mass is 9.85. The Kier molecular flexibility index (Phi) is 14.7. The number of phenols is 1. The molecule has 0 spiro atoms. The lowest BCUT2D eigenvalue weighted by Gasteiger charge is -2.27. The summed E-state index contributed by atoms with van der Waals surface area (Å²) in [6, 6.07) is 4.58. The van der Waals surface area contributed by atoms with Gasteiger partial charge in [0.15, 0.2) is 11.9 Å². The Morgan fingerprint density at radius 2 is 1.84 bits per heavy atom. The van der Waals surface area contributed by atoms with E-state index >= 15 is 0 Å². The van der Waals surface area contributed by atoms with Gasteiger partial charge < -0.3 is 30.1 Å². The number of ketones is 1. The fourth-order valence-corrected chi connectivity index (χ4v) is 4.14. The fourth-order valence-electron chi connectivity index (χ4n) is 3.95. The Morgan fingerprint density at radius 1 is 1.16 bits per heavy atom. The third kappa shape index (κ3) is 10.2. The van der Waals surface area contributed by atoms with E-state index in [-0.39, 0.29) is 29.1 Å². The molecule has 37 heavy (non-hydrogen) atoms. The van der Waals surface area contributed by atoms with E-state index in [9.17, 15) is 24.9 Å². The molecule has 1 rings (SSSR count). The van der Waals surface area contributed by atoms with Crippen LogP contribution >= 0.6 is 11.6 Å². The number of aromatic hydroxyl groups is 1. The van der Waals surface area contributed by atoms with Crippen molar-refractivity contribution in [1.29, 1.82) is 0 Å². The molecule has 0 aliphatic heterocycles. The number of hydrogen-bond donors (Lipinski definition) is 4. The number of Topliss-reactive ketones (excluding diaryl/α,β-unsaturated/α-hetero) is 1. The second kappa shape index (κ2) is 16.6. The molecule has 6 atom stereocenters. The second-order valence-electron chi connectivity index (χ2n) is 9.23. The summed E-state index contributed by atoms with van der Waals surface area (Å²) in [6.45, 7) is 9.15. The van der Waals surface area contributed by atoms with Crippen LogP contribution in [0, 0.1) is 11.8 Å². The van der Waals surface area contributed by atoms with Crippen molar-refractivity contribution >= 4 is 29.4 Å². The molecule has 8 nitrogen and oxygen atoms in total. The summed E-state index contributed by atoms with van der Waals surface area (Å²) in [7, 11) is 1.36. The van der Waals surface area contributed by atoms with Gasteiger partial charge in [-0.25, -0.2) is 0 Å². The van der Waals surface area contributed by atoms with Crippen LogP contribution in [0.15, 0.2) is 36.0 Å². The third-order valence-electron chi connectivity index (χ3n) is 6.32. The highest BCUT2D eigenvalue weighted by Crippen LogP contribution is 2.24. The van der Waals surface area contributed by atoms with Crippen LogP contribution in [0.3, 0.4) is 0 Å². The number of rotatable bonds is 16. The molecule has 0 saturated heterocycles. The number of carbonyl (C=O) groups excluding carboxylic acids is 2. The molecule has 1 amide bonds. The molecular weight excluding hydrogens is 498 g/mol. The first-order chi connectivity index (χ1) is 17.5. The molecule has 9 heteroatoms. The summed E-state index contributed by atoms with van der Waals surface area (Å²) < 4.78 is 10.9. The number of methoxy groups -OCH3 is 1. The molecule has 0 aromatic heterocycles. The van der Waals surface area contributed by atoms with Crippen molar-refractivity contribution in [3.8, 4) is 5.75 Å². The Hall–Kier alpha value is -2.23. The number of halogens is 1. The van der Waals surface area contributed by atoms with Crippen molar-refractivity contribution in [1.82, 2.24) is 5.32 Å². The van der Waals surface area contributed by atoms with Crippen LogP contribution in [0.2, 0.25) is 5.02 Å². The molecule has 208 valence electrons. The molecule has 0 saturated carbocycles. The van der Waals surface area contributed by atoms with Gasteiger partial charge in [0.1, 0.15) is 18.0 Å². The quantitative estimate of drug-likeness (QED) is 0.231. The number of hydrogen-bond acceptors (Lipinski definition) is 7. The summed E-state index contributed by atoms with van der Waals surface area (Å²) in [5, 5.41) is 33.8. The van der Waals surface area contributed by atoms with Crippen molar-refractivity contribution in [3.05, 3.63) is 46.6 Å². The van der Waals surface area contributed by atoms with Gasteiger partial charge in [0.2, 0.25) is 0 Å². The second-order valence-corrected chi connectivity index (χ2v) is 9.64. The zero-order valence-corrected chi connectivity index (χ0v) is 23.4. The number of aliphatic hydroxyl groups excluding tert-OH is 2. The highest BCUT2D eigenvalue weighted by atomic mass is 35.5. The fraction of sp³-hybridized carbons (Fsp3) is 0.571. The minimum atomic E-state index is -1.41. The maximum atomic E-state index is 13.0. The summed E-state index contributed by atoms with van der Waals surface area (Å²) >= 11 is 5.89. The average Bonchev–Trinajstić information content (AvgIpc) is 2.88. The van der Waals surface area contributed by atoms with E-state index < -0.39 is 36.2 Å². The zero-order chi connectivity index (χ0) is 28.1. The predicted octanol–water partition coefficient (Wildman–Crippen LogP) is 4.25. The van der Waals surface area contributed by atoms with Crippen LogP contribution in [-0.4, -0.2) is 65.1 Å². The van der Waals surface area contributed by atoms with Gasteiger partial charge in [-0.05, 0) is 61.6 Å². The Morgan fingerprint density at radius 3 is 2.41 bits per heavy atom. The smallest absolute Gasteiger partial charge is 0.255 e. The molecule has 4 N–H and O–H groups in total. The van der Waals surface area contributed by atoms with Crippen molar-refractivity contribution in [2.45, 2.75) is 78.3 Å². The lowest BCUT2D eigenvalue weighted by molar-refractivity contribution is -0.145. The van der Waals surface area contributed by atoms with Gasteiger partial charge in [-0.3, -0.25) is 9.59 Å². The lowest BCUT2D eigenvalue weighted by Crippen LogP contribution is -2.48. The van der Waals surface area contributed by atoms with Gasteiger partial charge in [-0.15, -0.1) is 0 Å².